The number of hydrogen-bond donors (Lipinski definition) is 0. The Morgan fingerprint density at radius 2 is 2.04 bits per heavy atom. The van der Waals surface area contributed by atoms with E-state index in [1.807, 2.05) is 6.07 Å². The van der Waals surface area contributed by atoms with Gasteiger partial charge in [0.15, 0.2) is 11.5 Å². The molecule has 2 heterocycles. The SMILES string of the molecule is CCCOc1[c]ccc(N2CCC(c3nsc4ccccc34)CC2)c1OC. The van der Waals surface area contributed by atoms with Crippen LogP contribution in [0.5, 0.6) is 11.5 Å². The second-order valence-electron chi connectivity index (χ2n) is 6.90. The van der Waals surface area contributed by atoms with E-state index in [4.69, 9.17) is 13.8 Å². The van der Waals surface area contributed by atoms with Gasteiger partial charge in [-0.15, -0.1) is 0 Å². The summed E-state index contributed by atoms with van der Waals surface area (Å²) in [4.78, 5) is 2.40. The maximum atomic E-state index is 5.82. The van der Waals surface area contributed by atoms with E-state index in [9.17, 15) is 0 Å². The van der Waals surface area contributed by atoms with Crippen LogP contribution < -0.4 is 14.4 Å². The van der Waals surface area contributed by atoms with E-state index in [0.717, 1.165) is 43.8 Å². The molecule has 0 spiro atoms. The summed E-state index contributed by atoms with van der Waals surface area (Å²) in [5.41, 5.74) is 2.37. The van der Waals surface area contributed by atoms with Crippen molar-refractivity contribution in [2.45, 2.75) is 32.1 Å². The van der Waals surface area contributed by atoms with Crippen LogP contribution in [0.3, 0.4) is 0 Å². The lowest BCUT2D eigenvalue weighted by Gasteiger charge is -2.34. The number of hydrogen-bond acceptors (Lipinski definition) is 5. The molecule has 0 unspecified atom stereocenters. The molecule has 27 heavy (non-hydrogen) atoms. The molecule has 0 saturated carbocycles. The van der Waals surface area contributed by atoms with Crippen LogP contribution in [0, 0.1) is 6.07 Å². The Bertz CT molecular complexity index is 900. The Morgan fingerprint density at radius 3 is 2.81 bits per heavy atom. The molecule has 1 fully saturated rings. The van der Waals surface area contributed by atoms with Crippen molar-refractivity contribution in [1.29, 1.82) is 0 Å². The van der Waals surface area contributed by atoms with Crippen LogP contribution >= 0.6 is 11.5 Å². The lowest BCUT2D eigenvalue weighted by Crippen LogP contribution is -2.33. The van der Waals surface area contributed by atoms with Gasteiger partial charge in [0.1, 0.15) is 0 Å². The zero-order valence-corrected chi connectivity index (χ0v) is 16.7. The molecule has 4 nitrogen and oxygen atoms in total. The highest BCUT2D eigenvalue weighted by Crippen LogP contribution is 2.41. The number of nitrogens with zero attached hydrogens (tertiary/aromatic N) is 2. The van der Waals surface area contributed by atoms with Gasteiger partial charge >= 0.3 is 0 Å². The Labute approximate surface area is 164 Å². The van der Waals surface area contributed by atoms with Gasteiger partial charge < -0.3 is 14.4 Å². The number of anilines is 1. The van der Waals surface area contributed by atoms with E-state index < -0.39 is 0 Å². The summed E-state index contributed by atoms with van der Waals surface area (Å²) >= 11 is 1.62. The van der Waals surface area contributed by atoms with Gasteiger partial charge in [-0.05, 0) is 49.0 Å². The summed E-state index contributed by atoms with van der Waals surface area (Å²) in [5, 5.41) is 1.32. The van der Waals surface area contributed by atoms with Crippen LogP contribution in [0.2, 0.25) is 0 Å². The van der Waals surface area contributed by atoms with Crippen molar-refractivity contribution in [2.24, 2.45) is 0 Å². The smallest absolute Gasteiger partial charge is 0.184 e. The highest BCUT2D eigenvalue weighted by Gasteiger charge is 2.26. The predicted octanol–water partition coefficient (Wildman–Crippen LogP) is 5.28. The van der Waals surface area contributed by atoms with Crippen LogP contribution in [0.4, 0.5) is 5.69 Å². The molecular formula is C22H25N2O2S. The molecular weight excluding hydrogens is 356 g/mol. The first-order valence-electron chi connectivity index (χ1n) is 9.62. The number of fused-ring (bicyclic) bond motifs is 1. The molecule has 0 bridgehead atoms. The molecule has 0 N–H and O–H groups in total. The van der Waals surface area contributed by atoms with Crippen LogP contribution in [0.1, 0.15) is 37.8 Å². The highest BCUT2D eigenvalue weighted by atomic mass is 32.1. The zero-order chi connectivity index (χ0) is 18.6. The third-order valence-corrected chi connectivity index (χ3v) is 6.02. The third kappa shape index (κ3) is 3.61. The van der Waals surface area contributed by atoms with Gasteiger partial charge in [-0.25, -0.2) is 0 Å². The van der Waals surface area contributed by atoms with Gasteiger partial charge in [0.25, 0.3) is 0 Å². The van der Waals surface area contributed by atoms with E-state index in [2.05, 4.69) is 48.2 Å². The molecule has 5 heteroatoms. The Hall–Kier alpha value is -2.27. The second-order valence-corrected chi connectivity index (χ2v) is 7.70. The molecule has 4 rings (SSSR count). The van der Waals surface area contributed by atoms with Crippen molar-refractivity contribution in [3.8, 4) is 11.5 Å². The predicted molar refractivity (Wildman–Crippen MR) is 111 cm³/mol. The molecule has 1 aliphatic heterocycles. The van der Waals surface area contributed by atoms with Crippen molar-refractivity contribution >= 4 is 27.3 Å². The standard InChI is InChI=1S/C22H25N2O2S/c1-3-15-26-19-9-6-8-18(22(19)25-2)24-13-11-16(12-14-24)21-17-7-4-5-10-20(17)27-23-21/h4-8,10,16H,3,11-15H2,1-2H3. The minimum atomic E-state index is 0.523. The quantitative estimate of drug-likeness (QED) is 0.582. The fourth-order valence-electron chi connectivity index (χ4n) is 3.81. The number of aromatic nitrogens is 1. The van der Waals surface area contributed by atoms with Gasteiger partial charge in [-0.3, -0.25) is 0 Å². The van der Waals surface area contributed by atoms with E-state index in [-0.39, 0.29) is 0 Å². The molecule has 3 aromatic rings. The van der Waals surface area contributed by atoms with Crippen molar-refractivity contribution < 1.29 is 9.47 Å². The molecule has 1 aliphatic rings. The third-order valence-electron chi connectivity index (χ3n) is 5.18. The average Bonchev–Trinajstić information content (AvgIpc) is 3.16. The zero-order valence-electron chi connectivity index (χ0n) is 15.9. The summed E-state index contributed by atoms with van der Waals surface area (Å²) in [6.07, 6.45) is 3.16. The number of rotatable bonds is 6. The molecule has 2 aromatic carbocycles. The largest absolute Gasteiger partial charge is 0.491 e. The first-order chi connectivity index (χ1) is 13.3. The number of methoxy groups -OCH3 is 1. The van der Waals surface area contributed by atoms with Crippen molar-refractivity contribution in [3.05, 3.63) is 48.2 Å². The minimum Gasteiger partial charge on any atom is -0.491 e. The molecule has 1 aromatic heterocycles. The average molecular weight is 382 g/mol. The lowest BCUT2D eigenvalue weighted by atomic mass is 9.91. The number of piperidine rings is 1. The van der Waals surface area contributed by atoms with Gasteiger partial charge in [-0.1, -0.05) is 25.1 Å². The minimum absolute atomic E-state index is 0.523. The fraction of sp³-hybridized carbons (Fsp3) is 0.409. The molecule has 0 atom stereocenters. The van der Waals surface area contributed by atoms with E-state index >= 15 is 0 Å². The van der Waals surface area contributed by atoms with E-state index in [1.54, 1.807) is 18.6 Å². The summed E-state index contributed by atoms with van der Waals surface area (Å²) in [5.74, 6) is 2.03. The van der Waals surface area contributed by atoms with Gasteiger partial charge in [0, 0.05) is 30.5 Å². The van der Waals surface area contributed by atoms with E-state index in [0.29, 0.717) is 18.3 Å². The molecule has 141 valence electrons. The Morgan fingerprint density at radius 1 is 1.22 bits per heavy atom. The first-order valence-corrected chi connectivity index (χ1v) is 10.4. The summed E-state index contributed by atoms with van der Waals surface area (Å²) < 4.78 is 17.6. The first kappa shape index (κ1) is 18.1. The molecule has 1 saturated heterocycles. The van der Waals surface area contributed by atoms with Crippen LogP contribution in [0.25, 0.3) is 10.1 Å². The van der Waals surface area contributed by atoms with Crippen LogP contribution in [0.15, 0.2) is 36.4 Å². The maximum Gasteiger partial charge on any atom is 0.184 e. The normalized spacial score (nSPS) is 15.3. The summed E-state index contributed by atoms with van der Waals surface area (Å²) in [6.45, 7) is 4.76. The van der Waals surface area contributed by atoms with Crippen molar-refractivity contribution in [2.75, 3.05) is 31.7 Å². The number of ether oxygens (including phenoxy) is 2. The fourth-order valence-corrected chi connectivity index (χ4v) is 4.66. The van der Waals surface area contributed by atoms with Gasteiger partial charge in [0.05, 0.1) is 29.8 Å². The highest BCUT2D eigenvalue weighted by molar-refractivity contribution is 7.13. The summed E-state index contributed by atoms with van der Waals surface area (Å²) in [7, 11) is 1.71. The lowest BCUT2D eigenvalue weighted by molar-refractivity contribution is 0.293. The van der Waals surface area contributed by atoms with Gasteiger partial charge in [-0.2, -0.15) is 4.37 Å². The van der Waals surface area contributed by atoms with Crippen LogP contribution in [-0.4, -0.2) is 31.2 Å². The topological polar surface area (TPSA) is 34.6 Å². The number of benzene rings is 2. The second kappa shape index (κ2) is 8.17. The van der Waals surface area contributed by atoms with Crippen molar-refractivity contribution in [1.82, 2.24) is 4.37 Å². The molecule has 1 radical (unpaired) electrons. The summed E-state index contributed by atoms with van der Waals surface area (Å²) in [6, 6.07) is 15.7. The van der Waals surface area contributed by atoms with Crippen LogP contribution in [-0.2, 0) is 0 Å². The maximum absolute atomic E-state index is 5.82. The molecule has 0 aliphatic carbocycles. The Balaban J connectivity index is 1.51. The molecule has 0 amide bonds. The van der Waals surface area contributed by atoms with Gasteiger partial charge in [0.2, 0.25) is 0 Å². The van der Waals surface area contributed by atoms with E-state index in [1.165, 1.54) is 15.8 Å². The Kier molecular flexibility index (Phi) is 5.48. The monoisotopic (exact) mass is 381 g/mol. The van der Waals surface area contributed by atoms with Crippen molar-refractivity contribution in [3.63, 3.8) is 0 Å².